The Kier molecular flexibility index (Phi) is 11.7. The van der Waals surface area contributed by atoms with Gasteiger partial charge in [-0.1, -0.05) is 13.8 Å². The van der Waals surface area contributed by atoms with Crippen LogP contribution in [-0.2, 0) is 9.53 Å². The van der Waals surface area contributed by atoms with E-state index in [1.165, 1.54) is 4.90 Å². The number of amides is 3. The molecule has 1 aliphatic rings. The van der Waals surface area contributed by atoms with Crippen molar-refractivity contribution in [3.05, 3.63) is 0 Å². The van der Waals surface area contributed by atoms with Gasteiger partial charge in [-0.05, 0) is 12.3 Å². The first kappa shape index (κ1) is 21.9. The van der Waals surface area contributed by atoms with E-state index in [0.717, 1.165) is 13.0 Å². The Bertz CT molecular complexity index is 388. The molecule has 8 nitrogen and oxygen atoms in total. The van der Waals surface area contributed by atoms with Crippen LogP contribution in [0.25, 0.3) is 0 Å². The summed E-state index contributed by atoms with van der Waals surface area (Å²) in [5.41, 5.74) is 0. The average molecular weight is 441 g/mol. The Balaban J connectivity index is 0.00000484. The molecule has 1 heterocycles. The minimum Gasteiger partial charge on any atom is -0.380 e. The number of nitrogens with one attached hydrogen (secondary N) is 3. The van der Waals surface area contributed by atoms with Gasteiger partial charge in [0.1, 0.15) is 0 Å². The third-order valence-electron chi connectivity index (χ3n) is 3.17. The van der Waals surface area contributed by atoms with Crippen molar-refractivity contribution in [2.75, 3.05) is 46.4 Å². The van der Waals surface area contributed by atoms with Gasteiger partial charge in [-0.3, -0.25) is 14.7 Å². The van der Waals surface area contributed by atoms with Crippen molar-refractivity contribution in [1.82, 2.24) is 20.9 Å². The van der Waals surface area contributed by atoms with Crippen molar-refractivity contribution in [2.24, 2.45) is 10.9 Å². The first-order chi connectivity index (χ1) is 10.5. The van der Waals surface area contributed by atoms with Gasteiger partial charge in [0.25, 0.3) is 0 Å². The highest BCUT2D eigenvalue weighted by Crippen LogP contribution is 1.98. The van der Waals surface area contributed by atoms with Crippen LogP contribution < -0.4 is 16.0 Å². The Morgan fingerprint density at radius 3 is 2.57 bits per heavy atom. The number of hydrogen-bond acceptors (Lipinski definition) is 4. The summed E-state index contributed by atoms with van der Waals surface area (Å²) in [4.78, 5) is 28.0. The number of rotatable bonds is 9. The molecule has 3 amide bonds. The van der Waals surface area contributed by atoms with Crippen LogP contribution in [0.15, 0.2) is 4.99 Å². The van der Waals surface area contributed by atoms with E-state index in [1.807, 2.05) is 0 Å². The van der Waals surface area contributed by atoms with Crippen LogP contribution in [0.1, 0.15) is 20.3 Å². The first-order valence-corrected chi connectivity index (χ1v) is 7.65. The Morgan fingerprint density at radius 2 is 2.00 bits per heavy atom. The zero-order valence-electron chi connectivity index (χ0n) is 14.1. The van der Waals surface area contributed by atoms with Crippen LogP contribution in [0.5, 0.6) is 0 Å². The lowest BCUT2D eigenvalue weighted by molar-refractivity contribution is -0.124. The van der Waals surface area contributed by atoms with Crippen LogP contribution in [0, 0.1) is 5.92 Å². The smallest absolute Gasteiger partial charge is 0.324 e. The summed E-state index contributed by atoms with van der Waals surface area (Å²) in [7, 11) is 1.67. The zero-order valence-corrected chi connectivity index (χ0v) is 16.4. The molecule has 23 heavy (non-hydrogen) atoms. The second-order valence-electron chi connectivity index (χ2n) is 5.42. The molecular weight excluding hydrogens is 413 g/mol. The lowest BCUT2D eigenvalue weighted by atomic mass is 10.1. The maximum atomic E-state index is 11.4. The predicted octanol–water partition coefficient (Wildman–Crippen LogP) is 0.384. The van der Waals surface area contributed by atoms with E-state index < -0.39 is 0 Å². The average Bonchev–Trinajstić information content (AvgIpc) is 2.80. The minimum atomic E-state index is -0.340. The molecule has 0 aromatic rings. The number of halogens is 1. The standard InChI is InChI=1S/C14H27N5O3.HI/c1-11(2)4-8-22-9-6-17-13(15-3)16-5-7-19-12(20)10-18-14(19)21;/h11H,4-10H2,1-3H3,(H,18,21)(H2,15,16,17);1H. The van der Waals surface area contributed by atoms with E-state index in [2.05, 4.69) is 34.8 Å². The highest BCUT2D eigenvalue weighted by molar-refractivity contribution is 14.0. The number of hydrogen-bond donors (Lipinski definition) is 3. The third-order valence-corrected chi connectivity index (χ3v) is 3.17. The molecule has 0 atom stereocenters. The molecule has 134 valence electrons. The van der Waals surface area contributed by atoms with E-state index >= 15 is 0 Å². The van der Waals surface area contributed by atoms with Crippen LogP contribution in [-0.4, -0.2) is 69.2 Å². The van der Waals surface area contributed by atoms with E-state index in [1.54, 1.807) is 7.05 Å². The first-order valence-electron chi connectivity index (χ1n) is 7.65. The summed E-state index contributed by atoms with van der Waals surface area (Å²) >= 11 is 0. The lowest BCUT2D eigenvalue weighted by Gasteiger charge is -2.15. The lowest BCUT2D eigenvalue weighted by Crippen LogP contribution is -2.44. The Morgan fingerprint density at radius 1 is 1.30 bits per heavy atom. The quantitative estimate of drug-likeness (QED) is 0.158. The van der Waals surface area contributed by atoms with Crippen LogP contribution >= 0.6 is 24.0 Å². The molecular formula is C14H28IN5O3. The van der Waals surface area contributed by atoms with Crippen LogP contribution in [0.4, 0.5) is 4.79 Å². The number of guanidine groups is 1. The molecule has 0 radical (unpaired) electrons. The molecule has 1 aliphatic heterocycles. The van der Waals surface area contributed by atoms with Crippen molar-refractivity contribution >= 4 is 41.9 Å². The number of carbonyl (C=O) groups is 2. The third kappa shape index (κ3) is 8.94. The van der Waals surface area contributed by atoms with Gasteiger partial charge in [-0.2, -0.15) is 0 Å². The largest absolute Gasteiger partial charge is 0.380 e. The van der Waals surface area contributed by atoms with Crippen LogP contribution in [0.2, 0.25) is 0 Å². The van der Waals surface area contributed by atoms with Gasteiger partial charge < -0.3 is 20.7 Å². The van der Waals surface area contributed by atoms with E-state index in [-0.39, 0.29) is 42.5 Å². The molecule has 1 fully saturated rings. The highest BCUT2D eigenvalue weighted by Gasteiger charge is 2.27. The molecule has 0 saturated carbocycles. The van der Waals surface area contributed by atoms with Gasteiger partial charge >= 0.3 is 6.03 Å². The number of nitrogens with zero attached hydrogens (tertiary/aromatic N) is 2. The van der Waals surface area contributed by atoms with Gasteiger partial charge in [0.05, 0.1) is 13.2 Å². The summed E-state index contributed by atoms with van der Waals surface area (Å²) in [6.07, 6.45) is 1.05. The fraction of sp³-hybridized carbons (Fsp3) is 0.786. The zero-order chi connectivity index (χ0) is 16.4. The summed E-state index contributed by atoms with van der Waals surface area (Å²) in [6, 6.07) is -0.340. The van der Waals surface area contributed by atoms with E-state index in [4.69, 9.17) is 4.74 Å². The second-order valence-corrected chi connectivity index (χ2v) is 5.42. The Labute approximate surface area is 154 Å². The number of carbonyl (C=O) groups excluding carboxylic acids is 2. The fourth-order valence-corrected chi connectivity index (χ4v) is 1.85. The fourth-order valence-electron chi connectivity index (χ4n) is 1.85. The minimum absolute atomic E-state index is 0. The van der Waals surface area contributed by atoms with Crippen LogP contribution in [0.3, 0.4) is 0 Å². The molecule has 0 aromatic carbocycles. The normalized spacial score (nSPS) is 14.8. The van der Waals surface area contributed by atoms with Crippen molar-refractivity contribution < 1.29 is 14.3 Å². The number of ether oxygens (including phenoxy) is 1. The van der Waals surface area contributed by atoms with Gasteiger partial charge in [-0.15, -0.1) is 24.0 Å². The molecule has 3 N–H and O–H groups in total. The topological polar surface area (TPSA) is 95.1 Å². The number of aliphatic imine (C=N–C) groups is 1. The van der Waals surface area contributed by atoms with Gasteiger partial charge in [0.2, 0.25) is 5.91 Å². The second kappa shape index (κ2) is 12.3. The van der Waals surface area contributed by atoms with Gasteiger partial charge in [0, 0.05) is 33.3 Å². The molecule has 9 heteroatoms. The maximum Gasteiger partial charge on any atom is 0.324 e. The van der Waals surface area contributed by atoms with E-state index in [9.17, 15) is 9.59 Å². The van der Waals surface area contributed by atoms with Crippen molar-refractivity contribution in [1.29, 1.82) is 0 Å². The molecule has 0 bridgehead atoms. The van der Waals surface area contributed by atoms with Crippen molar-refractivity contribution in [3.63, 3.8) is 0 Å². The van der Waals surface area contributed by atoms with Crippen molar-refractivity contribution in [2.45, 2.75) is 20.3 Å². The molecule has 0 aromatic heterocycles. The summed E-state index contributed by atoms with van der Waals surface area (Å²) in [6.45, 7) is 7.21. The summed E-state index contributed by atoms with van der Waals surface area (Å²) in [5.74, 6) is 1.07. The molecule has 0 spiro atoms. The Hall–Kier alpha value is -1.10. The maximum absolute atomic E-state index is 11.4. The molecule has 0 unspecified atom stereocenters. The SMILES string of the molecule is CN=C(NCCOCCC(C)C)NCCN1C(=O)CNC1=O.I. The molecule has 0 aliphatic carbocycles. The summed E-state index contributed by atoms with van der Waals surface area (Å²) < 4.78 is 5.50. The molecule has 1 saturated heterocycles. The predicted molar refractivity (Wildman–Crippen MR) is 100 cm³/mol. The van der Waals surface area contributed by atoms with E-state index in [0.29, 0.717) is 38.1 Å². The number of imide groups is 1. The monoisotopic (exact) mass is 441 g/mol. The summed E-state index contributed by atoms with van der Waals surface area (Å²) in [5, 5.41) is 8.65. The van der Waals surface area contributed by atoms with Crippen molar-refractivity contribution in [3.8, 4) is 0 Å². The molecule has 1 rings (SSSR count). The van der Waals surface area contributed by atoms with Gasteiger partial charge in [0.15, 0.2) is 5.96 Å². The highest BCUT2D eigenvalue weighted by atomic mass is 127. The number of urea groups is 1. The van der Waals surface area contributed by atoms with Gasteiger partial charge in [-0.25, -0.2) is 4.79 Å².